The Kier molecular flexibility index (Phi) is 3.10. The molecule has 1 atom stereocenters. The van der Waals surface area contributed by atoms with Crippen molar-refractivity contribution >= 4 is 5.95 Å². The lowest BCUT2D eigenvalue weighted by molar-refractivity contribution is 0.0852. The Morgan fingerprint density at radius 2 is 2.50 bits per heavy atom. The van der Waals surface area contributed by atoms with Gasteiger partial charge in [0, 0.05) is 19.5 Å². The highest BCUT2D eigenvalue weighted by Gasteiger charge is 2.06. The second kappa shape index (κ2) is 4.11. The molecule has 0 aliphatic heterocycles. The molecule has 4 heteroatoms. The van der Waals surface area contributed by atoms with Crippen LogP contribution in [0.3, 0.4) is 0 Å². The van der Waals surface area contributed by atoms with Gasteiger partial charge in [-0.25, -0.2) is 4.98 Å². The maximum absolute atomic E-state index is 5.59. The van der Waals surface area contributed by atoms with Crippen LogP contribution in [0.4, 0.5) is 5.95 Å². The molecule has 0 aliphatic rings. The molecule has 4 nitrogen and oxygen atoms in total. The smallest absolute Gasteiger partial charge is 0.200 e. The van der Waals surface area contributed by atoms with Gasteiger partial charge >= 0.3 is 0 Å². The van der Waals surface area contributed by atoms with Crippen LogP contribution in [0.15, 0.2) is 12.4 Å². The molecule has 0 fully saturated rings. The van der Waals surface area contributed by atoms with Crippen molar-refractivity contribution in [2.45, 2.75) is 26.0 Å². The van der Waals surface area contributed by atoms with Gasteiger partial charge in [-0.2, -0.15) is 0 Å². The number of anilines is 1. The van der Waals surface area contributed by atoms with E-state index in [1.54, 1.807) is 13.3 Å². The summed E-state index contributed by atoms with van der Waals surface area (Å²) in [4.78, 5) is 3.92. The number of methoxy groups -OCH3 is 1. The second-order valence-electron chi connectivity index (χ2n) is 2.70. The molecule has 2 N–H and O–H groups in total. The van der Waals surface area contributed by atoms with Gasteiger partial charge < -0.3 is 15.0 Å². The summed E-state index contributed by atoms with van der Waals surface area (Å²) in [5, 5.41) is 0. The first-order valence-electron chi connectivity index (χ1n) is 4.07. The number of rotatable bonds is 4. The van der Waals surface area contributed by atoms with E-state index in [-0.39, 0.29) is 6.10 Å². The molecule has 12 heavy (non-hydrogen) atoms. The summed E-state index contributed by atoms with van der Waals surface area (Å²) in [5.41, 5.74) is 5.59. The molecule has 68 valence electrons. The first kappa shape index (κ1) is 9.06. The van der Waals surface area contributed by atoms with Crippen LogP contribution in [0.1, 0.15) is 13.3 Å². The number of imidazole rings is 1. The first-order chi connectivity index (χ1) is 5.77. The molecular formula is C8H15N3O. The minimum Gasteiger partial charge on any atom is -0.380 e. The Morgan fingerprint density at radius 3 is 2.92 bits per heavy atom. The monoisotopic (exact) mass is 169 g/mol. The lowest BCUT2D eigenvalue weighted by atomic mass is 10.3. The van der Waals surface area contributed by atoms with Gasteiger partial charge in [-0.1, -0.05) is 6.92 Å². The minimum absolute atomic E-state index is 0.224. The second-order valence-corrected chi connectivity index (χ2v) is 2.70. The third kappa shape index (κ3) is 1.98. The standard InChI is InChI=1S/C8H15N3O/c1-3-7(12-2)6-11-5-4-10-8(11)9/h4-5,7H,3,6H2,1-2H3,(H2,9,10). The number of nitrogen functional groups attached to an aromatic ring is 1. The van der Waals surface area contributed by atoms with Gasteiger partial charge in [0.2, 0.25) is 0 Å². The Hall–Kier alpha value is -1.03. The van der Waals surface area contributed by atoms with Crippen molar-refractivity contribution in [3.8, 4) is 0 Å². The molecule has 0 bridgehead atoms. The van der Waals surface area contributed by atoms with Crippen LogP contribution in [-0.2, 0) is 11.3 Å². The van der Waals surface area contributed by atoms with E-state index in [1.165, 1.54) is 0 Å². The molecule has 0 radical (unpaired) electrons. The molecule has 1 unspecified atom stereocenters. The van der Waals surface area contributed by atoms with E-state index in [9.17, 15) is 0 Å². The maximum atomic E-state index is 5.59. The predicted octanol–water partition coefficient (Wildman–Crippen LogP) is 0.890. The van der Waals surface area contributed by atoms with Crippen molar-refractivity contribution < 1.29 is 4.74 Å². The Morgan fingerprint density at radius 1 is 1.75 bits per heavy atom. The fourth-order valence-corrected chi connectivity index (χ4v) is 1.08. The summed E-state index contributed by atoms with van der Waals surface area (Å²) in [5.74, 6) is 0.547. The van der Waals surface area contributed by atoms with Crippen LogP contribution in [-0.4, -0.2) is 22.8 Å². The fraction of sp³-hybridized carbons (Fsp3) is 0.625. The summed E-state index contributed by atoms with van der Waals surface area (Å²) in [6.45, 7) is 2.86. The number of aromatic nitrogens is 2. The molecule has 1 aromatic rings. The molecule has 1 aromatic heterocycles. The van der Waals surface area contributed by atoms with Gasteiger partial charge in [-0.3, -0.25) is 0 Å². The first-order valence-corrected chi connectivity index (χ1v) is 4.07. The molecule has 0 aliphatic carbocycles. The molecule has 0 amide bonds. The van der Waals surface area contributed by atoms with Crippen molar-refractivity contribution in [3.63, 3.8) is 0 Å². The SMILES string of the molecule is CCC(Cn1ccnc1N)OC. The predicted molar refractivity (Wildman–Crippen MR) is 47.7 cm³/mol. The highest BCUT2D eigenvalue weighted by Crippen LogP contribution is 2.04. The van der Waals surface area contributed by atoms with E-state index in [2.05, 4.69) is 11.9 Å². The minimum atomic E-state index is 0.224. The summed E-state index contributed by atoms with van der Waals surface area (Å²) in [6.07, 6.45) is 4.75. The number of hydrogen-bond acceptors (Lipinski definition) is 3. The fourth-order valence-electron chi connectivity index (χ4n) is 1.08. The summed E-state index contributed by atoms with van der Waals surface area (Å²) < 4.78 is 7.11. The Balaban J connectivity index is 2.56. The lowest BCUT2D eigenvalue weighted by Gasteiger charge is -2.13. The Labute approximate surface area is 72.3 Å². The average Bonchev–Trinajstić information content (AvgIpc) is 2.47. The van der Waals surface area contributed by atoms with Gasteiger partial charge in [0.25, 0.3) is 0 Å². The maximum Gasteiger partial charge on any atom is 0.200 e. The number of ether oxygens (including phenoxy) is 1. The molecule has 0 spiro atoms. The number of nitrogens with two attached hydrogens (primary N) is 1. The average molecular weight is 169 g/mol. The normalized spacial score (nSPS) is 13.2. The molecule has 0 aromatic carbocycles. The van der Waals surface area contributed by atoms with Crippen molar-refractivity contribution in [2.75, 3.05) is 12.8 Å². The zero-order chi connectivity index (χ0) is 8.97. The molecule has 1 rings (SSSR count). The molecule has 0 saturated carbocycles. The third-order valence-electron chi connectivity index (χ3n) is 1.94. The topological polar surface area (TPSA) is 53.1 Å². The number of nitrogens with zero attached hydrogens (tertiary/aromatic N) is 2. The highest BCUT2D eigenvalue weighted by atomic mass is 16.5. The zero-order valence-corrected chi connectivity index (χ0v) is 7.53. The van der Waals surface area contributed by atoms with E-state index in [4.69, 9.17) is 10.5 Å². The van der Waals surface area contributed by atoms with Gasteiger partial charge in [0.15, 0.2) is 5.95 Å². The molecular weight excluding hydrogens is 154 g/mol. The van der Waals surface area contributed by atoms with Gasteiger partial charge in [0.05, 0.1) is 12.6 Å². The molecule has 0 saturated heterocycles. The van der Waals surface area contributed by atoms with Crippen LogP contribution in [0.2, 0.25) is 0 Å². The highest BCUT2D eigenvalue weighted by molar-refractivity contribution is 5.16. The summed E-state index contributed by atoms with van der Waals surface area (Å²) >= 11 is 0. The van der Waals surface area contributed by atoms with Crippen molar-refractivity contribution in [1.82, 2.24) is 9.55 Å². The van der Waals surface area contributed by atoms with Crippen molar-refractivity contribution in [2.24, 2.45) is 0 Å². The van der Waals surface area contributed by atoms with Gasteiger partial charge in [0.1, 0.15) is 0 Å². The van der Waals surface area contributed by atoms with Crippen LogP contribution < -0.4 is 5.73 Å². The van der Waals surface area contributed by atoms with Crippen LogP contribution in [0, 0.1) is 0 Å². The van der Waals surface area contributed by atoms with Gasteiger partial charge in [-0.15, -0.1) is 0 Å². The van der Waals surface area contributed by atoms with Crippen LogP contribution >= 0.6 is 0 Å². The van der Waals surface area contributed by atoms with E-state index < -0.39 is 0 Å². The van der Waals surface area contributed by atoms with Crippen LogP contribution in [0.25, 0.3) is 0 Å². The number of hydrogen-bond donors (Lipinski definition) is 1. The van der Waals surface area contributed by atoms with E-state index in [1.807, 2.05) is 10.8 Å². The van der Waals surface area contributed by atoms with E-state index >= 15 is 0 Å². The largest absolute Gasteiger partial charge is 0.380 e. The zero-order valence-electron chi connectivity index (χ0n) is 7.53. The van der Waals surface area contributed by atoms with E-state index in [0.717, 1.165) is 13.0 Å². The third-order valence-corrected chi connectivity index (χ3v) is 1.94. The lowest BCUT2D eigenvalue weighted by Crippen LogP contribution is -2.18. The van der Waals surface area contributed by atoms with Crippen molar-refractivity contribution in [1.29, 1.82) is 0 Å². The molecule has 1 heterocycles. The summed E-state index contributed by atoms with van der Waals surface area (Å²) in [6, 6.07) is 0. The van der Waals surface area contributed by atoms with Gasteiger partial charge in [-0.05, 0) is 6.42 Å². The van der Waals surface area contributed by atoms with E-state index in [0.29, 0.717) is 5.95 Å². The quantitative estimate of drug-likeness (QED) is 0.728. The Bertz CT molecular complexity index is 230. The van der Waals surface area contributed by atoms with Crippen LogP contribution in [0.5, 0.6) is 0 Å². The summed E-state index contributed by atoms with van der Waals surface area (Å²) in [7, 11) is 1.71. The van der Waals surface area contributed by atoms with Crippen molar-refractivity contribution in [3.05, 3.63) is 12.4 Å².